The van der Waals surface area contributed by atoms with Crippen LogP contribution in [0.2, 0.25) is 0 Å². The molecule has 9 nitrogen and oxygen atoms in total. The van der Waals surface area contributed by atoms with Crippen molar-refractivity contribution in [3.63, 3.8) is 0 Å². The Kier molecular flexibility index (Phi) is 5.25. The molecule has 4 N–H and O–H groups in total. The molecule has 10 heteroatoms. The number of rotatable bonds is 6. The molecule has 1 saturated carbocycles. The monoisotopic (exact) mass is 435 g/mol. The lowest BCUT2D eigenvalue weighted by Crippen LogP contribution is -2.44. The summed E-state index contributed by atoms with van der Waals surface area (Å²) >= 11 is 0. The van der Waals surface area contributed by atoms with Gasteiger partial charge in [0.15, 0.2) is 11.6 Å². The number of fused-ring (bicyclic) bond motifs is 1. The molecule has 1 aliphatic heterocycles. The van der Waals surface area contributed by atoms with Crippen LogP contribution in [0.25, 0.3) is 10.9 Å². The van der Waals surface area contributed by atoms with Crippen LogP contribution in [0.5, 0.6) is 5.75 Å². The summed E-state index contributed by atoms with van der Waals surface area (Å²) in [4.78, 5) is 27.4. The van der Waals surface area contributed by atoms with Gasteiger partial charge in [-0.2, -0.15) is 4.68 Å². The van der Waals surface area contributed by atoms with Crippen molar-refractivity contribution in [3.8, 4) is 5.75 Å². The van der Waals surface area contributed by atoms with Crippen molar-refractivity contribution < 1.29 is 13.9 Å². The zero-order valence-electron chi connectivity index (χ0n) is 18.4. The maximum atomic E-state index is 15.5. The van der Waals surface area contributed by atoms with Gasteiger partial charge in [0.25, 0.3) is 5.56 Å². The normalized spacial score (nSPS) is 21.6. The van der Waals surface area contributed by atoms with Gasteiger partial charge >= 0.3 is 5.69 Å². The van der Waals surface area contributed by atoms with Crippen LogP contribution in [-0.2, 0) is 4.74 Å². The number of methoxy groups -OCH3 is 2. The molecule has 170 valence electrons. The number of aromatic nitrogens is 2. The van der Waals surface area contributed by atoms with Gasteiger partial charge in [-0.05, 0) is 24.3 Å². The summed E-state index contributed by atoms with van der Waals surface area (Å²) in [7, 11) is 3.02. The first-order valence-corrected chi connectivity index (χ1v) is 10.4. The van der Waals surface area contributed by atoms with E-state index in [0.29, 0.717) is 29.9 Å². The summed E-state index contributed by atoms with van der Waals surface area (Å²) in [5, 5.41) is 0.0261. The van der Waals surface area contributed by atoms with E-state index in [9.17, 15) is 9.59 Å². The SMILES string of the molecule is COC[C@H](N)C1CN(c2c(F)cc3c(=O)n(N)c(=O)n(C4CC4)c3c2OC)CC1(C)C. The lowest BCUT2D eigenvalue weighted by atomic mass is 9.78. The average molecular weight is 436 g/mol. The summed E-state index contributed by atoms with van der Waals surface area (Å²) in [6, 6.07) is 0.858. The van der Waals surface area contributed by atoms with E-state index in [2.05, 4.69) is 13.8 Å². The summed E-state index contributed by atoms with van der Waals surface area (Å²) in [5.74, 6) is 5.33. The standard InChI is InChI=1S/C21H30FN5O4/c1-21(2)10-25(8-13(21)15(23)9-30-3)17-14(22)7-12-16(18(17)31-4)26(11-5-6-11)20(29)27(24)19(12)28/h7,11,13,15H,5-6,8-10,23-24H2,1-4H3/t13?,15-/m0/s1. The molecule has 1 aliphatic carbocycles. The molecule has 0 amide bonds. The summed E-state index contributed by atoms with van der Waals surface area (Å²) in [6.07, 6.45) is 1.57. The van der Waals surface area contributed by atoms with Crippen LogP contribution in [0.3, 0.4) is 0 Å². The molecule has 1 aromatic heterocycles. The second-order valence-corrected chi connectivity index (χ2v) is 9.29. The van der Waals surface area contributed by atoms with E-state index >= 15 is 4.39 Å². The van der Waals surface area contributed by atoms with E-state index in [1.54, 1.807) is 7.11 Å². The zero-order chi connectivity index (χ0) is 22.7. The maximum Gasteiger partial charge on any atom is 0.350 e. The van der Waals surface area contributed by atoms with Gasteiger partial charge in [0, 0.05) is 38.2 Å². The van der Waals surface area contributed by atoms with E-state index in [0.717, 1.165) is 18.9 Å². The van der Waals surface area contributed by atoms with Gasteiger partial charge in [-0.15, -0.1) is 0 Å². The summed E-state index contributed by atoms with van der Waals surface area (Å²) in [5.41, 5.74) is 5.30. The highest BCUT2D eigenvalue weighted by Gasteiger charge is 2.44. The van der Waals surface area contributed by atoms with Crippen LogP contribution in [-0.4, -0.2) is 49.2 Å². The number of anilines is 1. The smallest absolute Gasteiger partial charge is 0.350 e. The van der Waals surface area contributed by atoms with Crippen molar-refractivity contribution in [2.75, 3.05) is 44.7 Å². The summed E-state index contributed by atoms with van der Waals surface area (Å²) < 4.78 is 28.3. The van der Waals surface area contributed by atoms with Crippen molar-refractivity contribution in [1.82, 2.24) is 9.24 Å². The second kappa shape index (κ2) is 7.52. The van der Waals surface area contributed by atoms with Crippen LogP contribution in [0.4, 0.5) is 10.1 Å². The fourth-order valence-corrected chi connectivity index (χ4v) is 4.95. The third kappa shape index (κ3) is 3.38. The molecule has 2 heterocycles. The minimum absolute atomic E-state index is 0.0261. The highest BCUT2D eigenvalue weighted by Crippen LogP contribution is 2.46. The fraction of sp³-hybridized carbons (Fsp3) is 0.619. The van der Waals surface area contributed by atoms with E-state index in [1.807, 2.05) is 4.90 Å². The van der Waals surface area contributed by atoms with Crippen LogP contribution < -0.4 is 32.5 Å². The molecule has 0 bridgehead atoms. The Bertz CT molecular complexity index is 1140. The number of nitrogens with two attached hydrogens (primary N) is 2. The Morgan fingerprint density at radius 1 is 1.29 bits per heavy atom. The Hall–Kier alpha value is -2.59. The molecule has 2 fully saturated rings. The Labute approximate surface area is 179 Å². The average Bonchev–Trinajstić information content (AvgIpc) is 3.49. The van der Waals surface area contributed by atoms with E-state index < -0.39 is 17.1 Å². The van der Waals surface area contributed by atoms with Crippen molar-refractivity contribution in [3.05, 3.63) is 32.7 Å². The molecule has 2 atom stereocenters. The molecular formula is C21H30FN5O4. The van der Waals surface area contributed by atoms with Crippen molar-refractivity contribution >= 4 is 16.6 Å². The third-order valence-corrected chi connectivity index (χ3v) is 6.61. The lowest BCUT2D eigenvalue weighted by Gasteiger charge is -2.29. The van der Waals surface area contributed by atoms with Gasteiger partial charge in [-0.1, -0.05) is 13.8 Å². The summed E-state index contributed by atoms with van der Waals surface area (Å²) in [6.45, 7) is 5.61. The number of hydrogen-bond donors (Lipinski definition) is 2. The molecule has 0 spiro atoms. The molecule has 2 aliphatic rings. The van der Waals surface area contributed by atoms with E-state index in [4.69, 9.17) is 21.1 Å². The topological polar surface area (TPSA) is 118 Å². The third-order valence-electron chi connectivity index (χ3n) is 6.61. The second-order valence-electron chi connectivity index (χ2n) is 9.29. The number of halogens is 1. The van der Waals surface area contributed by atoms with Crippen LogP contribution >= 0.6 is 0 Å². The minimum Gasteiger partial charge on any atom is -0.492 e. The van der Waals surface area contributed by atoms with Crippen LogP contribution in [0.15, 0.2) is 15.7 Å². The number of ether oxygens (including phenoxy) is 2. The number of benzene rings is 1. The number of hydrogen-bond acceptors (Lipinski definition) is 7. The van der Waals surface area contributed by atoms with E-state index in [-0.39, 0.29) is 40.2 Å². The Morgan fingerprint density at radius 2 is 1.97 bits per heavy atom. The Morgan fingerprint density at radius 3 is 2.55 bits per heavy atom. The fourth-order valence-electron chi connectivity index (χ4n) is 4.95. The number of nitrogen functional groups attached to an aromatic ring is 1. The van der Waals surface area contributed by atoms with Gasteiger partial charge in [-0.25, -0.2) is 9.18 Å². The van der Waals surface area contributed by atoms with Gasteiger partial charge in [0.2, 0.25) is 0 Å². The van der Waals surface area contributed by atoms with Gasteiger partial charge in [0.1, 0.15) is 11.2 Å². The van der Waals surface area contributed by atoms with Gasteiger partial charge in [0.05, 0.1) is 19.1 Å². The molecule has 1 aromatic carbocycles. The quantitative estimate of drug-likeness (QED) is 0.644. The first kappa shape index (κ1) is 21.6. The Balaban J connectivity index is 1.93. The minimum atomic E-state index is -0.748. The predicted molar refractivity (Wildman–Crippen MR) is 117 cm³/mol. The highest BCUT2D eigenvalue weighted by molar-refractivity contribution is 5.91. The first-order valence-electron chi connectivity index (χ1n) is 10.4. The first-order chi connectivity index (χ1) is 14.6. The van der Waals surface area contributed by atoms with Crippen molar-refractivity contribution in [2.24, 2.45) is 17.1 Å². The van der Waals surface area contributed by atoms with Crippen LogP contribution in [0, 0.1) is 17.2 Å². The van der Waals surface area contributed by atoms with Gasteiger partial charge in [-0.3, -0.25) is 9.36 Å². The predicted octanol–water partition coefficient (Wildman–Crippen LogP) is 0.796. The molecule has 2 aromatic rings. The molecule has 1 saturated heterocycles. The van der Waals surface area contributed by atoms with Crippen molar-refractivity contribution in [1.29, 1.82) is 0 Å². The van der Waals surface area contributed by atoms with Gasteiger partial charge < -0.3 is 25.9 Å². The maximum absolute atomic E-state index is 15.5. The lowest BCUT2D eigenvalue weighted by molar-refractivity contribution is 0.130. The molecular weight excluding hydrogens is 405 g/mol. The van der Waals surface area contributed by atoms with Crippen LogP contribution in [0.1, 0.15) is 32.7 Å². The molecule has 31 heavy (non-hydrogen) atoms. The molecule has 1 unspecified atom stereocenters. The van der Waals surface area contributed by atoms with Crippen molar-refractivity contribution in [2.45, 2.75) is 38.8 Å². The highest BCUT2D eigenvalue weighted by atomic mass is 19.1. The number of nitrogens with zero attached hydrogens (tertiary/aromatic N) is 3. The zero-order valence-corrected chi connectivity index (χ0v) is 18.4. The van der Waals surface area contributed by atoms with E-state index in [1.165, 1.54) is 11.7 Å². The molecule has 4 rings (SSSR count). The molecule has 0 radical (unpaired) electrons. The largest absolute Gasteiger partial charge is 0.492 e.